The van der Waals surface area contributed by atoms with Crippen molar-refractivity contribution < 1.29 is 19.1 Å². The largest absolute Gasteiger partial charge is 0.478 e. The summed E-state index contributed by atoms with van der Waals surface area (Å²) in [6.45, 7) is 5.65. The van der Waals surface area contributed by atoms with E-state index in [9.17, 15) is 9.59 Å². The number of carbonyl (C=O) groups is 2. The van der Waals surface area contributed by atoms with Crippen molar-refractivity contribution >= 4 is 33.6 Å². The molecule has 1 atom stereocenters. The van der Waals surface area contributed by atoms with Gasteiger partial charge >= 0.3 is 6.09 Å². The molecule has 6 heteroatoms. The molecule has 0 N–H and O–H groups in total. The summed E-state index contributed by atoms with van der Waals surface area (Å²) in [5, 5.41) is 0. The minimum Gasteiger partial charge on any atom is -0.478 e. The summed E-state index contributed by atoms with van der Waals surface area (Å²) in [6.07, 6.45) is -1.46. The van der Waals surface area contributed by atoms with Gasteiger partial charge < -0.3 is 9.47 Å². The molecule has 0 aliphatic carbocycles. The predicted octanol–water partition coefficient (Wildman–Crippen LogP) is 3.36. The summed E-state index contributed by atoms with van der Waals surface area (Å²) in [5.41, 5.74) is -0.0471. The van der Waals surface area contributed by atoms with E-state index in [2.05, 4.69) is 15.9 Å². The van der Waals surface area contributed by atoms with E-state index in [1.54, 1.807) is 18.2 Å². The van der Waals surface area contributed by atoms with Gasteiger partial charge in [-0.2, -0.15) is 0 Å². The minimum absolute atomic E-state index is 0.394. The summed E-state index contributed by atoms with van der Waals surface area (Å²) in [4.78, 5) is 25.5. The number of fused-ring (bicyclic) bond motifs is 1. The van der Waals surface area contributed by atoms with Crippen LogP contribution in [-0.4, -0.2) is 25.2 Å². The van der Waals surface area contributed by atoms with Gasteiger partial charge in [0.1, 0.15) is 5.75 Å². The van der Waals surface area contributed by atoms with Gasteiger partial charge in [0.25, 0.3) is 5.91 Å². The van der Waals surface area contributed by atoms with Crippen LogP contribution < -0.4 is 9.64 Å². The van der Waals surface area contributed by atoms with Crippen LogP contribution >= 0.6 is 15.9 Å². The Labute approximate surface area is 126 Å². The van der Waals surface area contributed by atoms with Gasteiger partial charge in [0.15, 0.2) is 6.10 Å². The normalized spacial score (nSPS) is 18.4. The Bertz CT molecular complexity index is 565. The molecule has 0 bridgehead atoms. The second kappa shape index (κ2) is 5.09. The first-order valence-electron chi connectivity index (χ1n) is 6.14. The van der Waals surface area contributed by atoms with E-state index in [4.69, 9.17) is 9.47 Å². The predicted molar refractivity (Wildman–Crippen MR) is 77.9 cm³/mol. The molecule has 2 amide bonds. The number of amides is 2. The Balaban J connectivity index is 2.56. The zero-order chi connectivity index (χ0) is 15.1. The highest BCUT2D eigenvalue weighted by atomic mass is 79.9. The summed E-state index contributed by atoms with van der Waals surface area (Å²) < 4.78 is 11.3. The van der Waals surface area contributed by atoms with E-state index < -0.39 is 23.5 Å². The zero-order valence-corrected chi connectivity index (χ0v) is 13.4. The lowest BCUT2D eigenvalue weighted by Gasteiger charge is -2.38. The zero-order valence-electron chi connectivity index (χ0n) is 11.8. The Morgan fingerprint density at radius 1 is 1.40 bits per heavy atom. The monoisotopic (exact) mass is 341 g/mol. The lowest BCUT2D eigenvalue weighted by molar-refractivity contribution is -0.130. The number of rotatable bonds is 0. The highest BCUT2D eigenvalue weighted by Gasteiger charge is 2.44. The van der Waals surface area contributed by atoms with Crippen molar-refractivity contribution in [2.45, 2.75) is 26.9 Å². The Kier molecular flexibility index (Phi) is 3.77. The molecule has 2 rings (SSSR count). The van der Waals surface area contributed by atoms with Crippen LogP contribution in [-0.2, 0) is 9.53 Å². The average Bonchev–Trinajstić information content (AvgIpc) is 2.36. The fourth-order valence-electron chi connectivity index (χ4n) is 2.01. The van der Waals surface area contributed by atoms with Crippen LogP contribution in [0, 0.1) is 5.41 Å². The van der Waals surface area contributed by atoms with Crippen molar-refractivity contribution in [2.24, 2.45) is 5.41 Å². The lowest BCUT2D eigenvalue weighted by Crippen LogP contribution is -2.53. The summed E-state index contributed by atoms with van der Waals surface area (Å²) in [5.74, 6) is 0.0588. The number of anilines is 1. The van der Waals surface area contributed by atoms with Crippen molar-refractivity contribution in [3.8, 4) is 5.75 Å². The first-order valence-corrected chi connectivity index (χ1v) is 6.93. The number of ether oxygens (including phenoxy) is 2. The number of imide groups is 1. The number of methoxy groups -OCH3 is 1. The molecular weight excluding hydrogens is 326 g/mol. The SMILES string of the molecule is COC(=O)N1C(=O)C(C(C)(C)C)Oc2cc(Br)ccc21. The third kappa shape index (κ3) is 2.52. The highest BCUT2D eigenvalue weighted by Crippen LogP contribution is 2.40. The fourth-order valence-corrected chi connectivity index (χ4v) is 2.35. The number of hydrogen-bond acceptors (Lipinski definition) is 4. The van der Waals surface area contributed by atoms with Crippen molar-refractivity contribution in [2.75, 3.05) is 12.0 Å². The summed E-state index contributed by atoms with van der Waals surface area (Å²) in [7, 11) is 1.25. The van der Waals surface area contributed by atoms with Crippen LogP contribution in [0.25, 0.3) is 0 Å². The molecule has 0 spiro atoms. The number of nitrogens with zero attached hydrogens (tertiary/aromatic N) is 1. The van der Waals surface area contributed by atoms with E-state index in [0.717, 1.165) is 9.37 Å². The smallest absolute Gasteiger partial charge is 0.421 e. The molecule has 0 saturated heterocycles. The first-order chi connectivity index (χ1) is 9.25. The topological polar surface area (TPSA) is 55.8 Å². The van der Waals surface area contributed by atoms with Gasteiger partial charge in [0, 0.05) is 9.89 Å². The third-order valence-electron chi connectivity index (χ3n) is 3.00. The molecule has 108 valence electrons. The van der Waals surface area contributed by atoms with Crippen LogP contribution in [0.2, 0.25) is 0 Å². The molecule has 1 aliphatic heterocycles. The van der Waals surface area contributed by atoms with Gasteiger partial charge in [0.2, 0.25) is 0 Å². The molecule has 0 fully saturated rings. The Morgan fingerprint density at radius 2 is 2.05 bits per heavy atom. The van der Waals surface area contributed by atoms with Crippen LogP contribution in [0.1, 0.15) is 20.8 Å². The first kappa shape index (κ1) is 14.8. The second-order valence-corrected chi connectivity index (χ2v) is 6.54. The molecule has 1 aromatic carbocycles. The maximum absolute atomic E-state index is 12.5. The van der Waals surface area contributed by atoms with Gasteiger partial charge in [-0.25, -0.2) is 9.69 Å². The quantitative estimate of drug-likeness (QED) is 0.726. The van der Waals surface area contributed by atoms with Gasteiger partial charge in [-0.15, -0.1) is 0 Å². The molecule has 1 heterocycles. The van der Waals surface area contributed by atoms with Gasteiger partial charge in [0.05, 0.1) is 12.8 Å². The average molecular weight is 342 g/mol. The van der Waals surface area contributed by atoms with E-state index in [0.29, 0.717) is 11.4 Å². The van der Waals surface area contributed by atoms with Crippen molar-refractivity contribution in [1.29, 1.82) is 0 Å². The Morgan fingerprint density at radius 3 is 2.60 bits per heavy atom. The number of halogens is 1. The molecule has 20 heavy (non-hydrogen) atoms. The Hall–Kier alpha value is -1.56. The molecule has 1 aromatic rings. The lowest BCUT2D eigenvalue weighted by atomic mass is 9.87. The van der Waals surface area contributed by atoms with Crippen molar-refractivity contribution in [3.63, 3.8) is 0 Å². The van der Waals surface area contributed by atoms with E-state index in [-0.39, 0.29) is 0 Å². The fraction of sp³-hybridized carbons (Fsp3) is 0.429. The van der Waals surface area contributed by atoms with E-state index in [1.807, 2.05) is 20.8 Å². The standard InChI is InChI=1S/C14H16BrNO4/c1-14(2,3)11-12(17)16(13(18)19-4)9-6-5-8(15)7-10(9)20-11/h5-7,11H,1-4H3. The van der Waals surface area contributed by atoms with Gasteiger partial charge in [-0.3, -0.25) is 4.79 Å². The van der Waals surface area contributed by atoms with Crippen LogP contribution in [0.4, 0.5) is 10.5 Å². The minimum atomic E-state index is -0.747. The molecule has 0 radical (unpaired) electrons. The van der Waals surface area contributed by atoms with Crippen molar-refractivity contribution in [3.05, 3.63) is 22.7 Å². The molecule has 0 aromatic heterocycles. The highest BCUT2D eigenvalue weighted by molar-refractivity contribution is 9.10. The molecule has 1 unspecified atom stereocenters. The maximum atomic E-state index is 12.5. The summed E-state index contributed by atoms with van der Waals surface area (Å²) in [6, 6.07) is 5.12. The molecular formula is C14H16BrNO4. The molecule has 1 aliphatic rings. The van der Waals surface area contributed by atoms with Gasteiger partial charge in [-0.1, -0.05) is 36.7 Å². The number of benzene rings is 1. The number of carbonyl (C=O) groups excluding carboxylic acids is 2. The van der Waals surface area contributed by atoms with Crippen LogP contribution in [0.3, 0.4) is 0 Å². The van der Waals surface area contributed by atoms with Crippen LogP contribution in [0.5, 0.6) is 5.75 Å². The second-order valence-electron chi connectivity index (χ2n) is 5.62. The van der Waals surface area contributed by atoms with E-state index >= 15 is 0 Å². The maximum Gasteiger partial charge on any atom is 0.421 e. The van der Waals surface area contributed by atoms with Crippen LogP contribution in [0.15, 0.2) is 22.7 Å². The number of hydrogen-bond donors (Lipinski definition) is 0. The molecule has 5 nitrogen and oxygen atoms in total. The van der Waals surface area contributed by atoms with Gasteiger partial charge in [-0.05, 0) is 18.2 Å². The van der Waals surface area contributed by atoms with E-state index in [1.165, 1.54) is 7.11 Å². The third-order valence-corrected chi connectivity index (χ3v) is 3.49. The molecule has 0 saturated carbocycles. The van der Waals surface area contributed by atoms with Crippen molar-refractivity contribution in [1.82, 2.24) is 0 Å². The summed E-state index contributed by atoms with van der Waals surface area (Å²) >= 11 is 3.35.